The van der Waals surface area contributed by atoms with E-state index in [0.29, 0.717) is 0 Å². The van der Waals surface area contributed by atoms with E-state index in [0.717, 1.165) is 13.4 Å². The van der Waals surface area contributed by atoms with E-state index in [1.165, 1.54) is 0 Å². The molecule has 0 aromatic rings. The number of hydrogen-bond donors (Lipinski definition) is 2. The highest BCUT2D eigenvalue weighted by atomic mass is 32.2. The number of methoxy groups -OCH3 is 1. The monoisotopic (exact) mass is 212 g/mol. The summed E-state index contributed by atoms with van der Waals surface area (Å²) in [7, 11) is -2.65. The maximum Gasteiger partial charge on any atom is 0.336 e. The Morgan fingerprint density at radius 2 is 2.00 bits per heavy atom. The van der Waals surface area contributed by atoms with Gasteiger partial charge in [-0.15, -0.1) is 0 Å². The van der Waals surface area contributed by atoms with Gasteiger partial charge in [-0.1, -0.05) is 0 Å². The number of sulfone groups is 1. The Bertz CT molecular complexity index is 269. The highest BCUT2D eigenvalue weighted by Crippen LogP contribution is 2.05. The van der Waals surface area contributed by atoms with E-state index in [1.54, 1.807) is 0 Å². The van der Waals surface area contributed by atoms with Crippen LogP contribution in [0.2, 0.25) is 0 Å². The van der Waals surface area contributed by atoms with E-state index in [4.69, 9.17) is 10.2 Å². The number of carbonyl (C=O) groups is 1. The zero-order valence-corrected chi connectivity index (χ0v) is 8.11. The molecule has 0 radical (unpaired) electrons. The minimum absolute atomic E-state index is 0.819. The first-order valence-electron chi connectivity index (χ1n) is 3.40. The van der Waals surface area contributed by atoms with Crippen LogP contribution in [0.25, 0.3) is 0 Å². The topological polar surface area (TPSA) is 101 Å². The molecule has 0 heterocycles. The van der Waals surface area contributed by atoms with Crippen LogP contribution in [-0.4, -0.2) is 55.9 Å². The minimum atomic E-state index is -3.67. The lowest BCUT2D eigenvalue weighted by molar-refractivity contribution is -0.150. The Hall–Kier alpha value is -0.660. The van der Waals surface area contributed by atoms with Crippen molar-refractivity contribution in [3.05, 3.63) is 0 Å². The highest BCUT2D eigenvalue weighted by Gasteiger charge is 2.34. The van der Waals surface area contributed by atoms with Crippen molar-refractivity contribution in [3.63, 3.8) is 0 Å². The second-order valence-electron chi connectivity index (χ2n) is 2.52. The van der Waals surface area contributed by atoms with Gasteiger partial charge in [-0.25, -0.2) is 13.2 Å². The van der Waals surface area contributed by atoms with Crippen molar-refractivity contribution < 1.29 is 28.2 Å². The summed E-state index contributed by atoms with van der Waals surface area (Å²) in [4.78, 5) is 10.7. The molecule has 13 heavy (non-hydrogen) atoms. The molecule has 2 N–H and O–H groups in total. The lowest BCUT2D eigenvalue weighted by atomic mass is 10.2. The third kappa shape index (κ3) is 3.29. The second-order valence-corrected chi connectivity index (χ2v) is 4.78. The Morgan fingerprint density at radius 1 is 1.54 bits per heavy atom. The number of ether oxygens (including phenoxy) is 1. The molecule has 2 atom stereocenters. The smallest absolute Gasteiger partial charge is 0.336 e. The van der Waals surface area contributed by atoms with Crippen LogP contribution >= 0.6 is 0 Å². The van der Waals surface area contributed by atoms with Gasteiger partial charge >= 0.3 is 5.97 Å². The Kier molecular flexibility index (Phi) is 4.31. The summed E-state index contributed by atoms with van der Waals surface area (Å²) < 4.78 is 25.9. The quantitative estimate of drug-likeness (QED) is 0.519. The van der Waals surface area contributed by atoms with Crippen LogP contribution in [0.3, 0.4) is 0 Å². The van der Waals surface area contributed by atoms with Gasteiger partial charge in [0.15, 0.2) is 15.9 Å². The zero-order chi connectivity index (χ0) is 10.6. The number of carbonyl (C=O) groups excluding carboxylic acids is 1. The van der Waals surface area contributed by atoms with Gasteiger partial charge in [-0.2, -0.15) is 0 Å². The molecular formula is C6H12O6S. The summed E-state index contributed by atoms with van der Waals surface area (Å²) in [5.41, 5.74) is 0. The fraction of sp³-hybridized carbons (Fsp3) is 0.833. The molecule has 0 amide bonds. The van der Waals surface area contributed by atoms with Gasteiger partial charge in [0.05, 0.1) is 13.7 Å². The fourth-order valence-electron chi connectivity index (χ4n) is 0.742. The average molecular weight is 212 g/mol. The van der Waals surface area contributed by atoms with E-state index < -0.39 is 33.8 Å². The molecule has 78 valence electrons. The molecule has 0 spiro atoms. The predicted molar refractivity (Wildman–Crippen MR) is 43.7 cm³/mol. The van der Waals surface area contributed by atoms with Crippen LogP contribution in [0, 0.1) is 0 Å². The van der Waals surface area contributed by atoms with Crippen molar-refractivity contribution in [1.82, 2.24) is 0 Å². The molecule has 0 aromatic carbocycles. The lowest BCUT2D eigenvalue weighted by Crippen LogP contribution is -2.42. The van der Waals surface area contributed by atoms with Crippen molar-refractivity contribution >= 4 is 15.8 Å². The molecule has 2 unspecified atom stereocenters. The number of aliphatic hydroxyl groups excluding tert-OH is 2. The van der Waals surface area contributed by atoms with Gasteiger partial charge in [0.25, 0.3) is 0 Å². The number of esters is 1. The lowest BCUT2D eigenvalue weighted by Gasteiger charge is -2.16. The van der Waals surface area contributed by atoms with E-state index >= 15 is 0 Å². The van der Waals surface area contributed by atoms with E-state index in [2.05, 4.69) is 4.74 Å². The number of rotatable bonds is 4. The van der Waals surface area contributed by atoms with Crippen LogP contribution in [0.1, 0.15) is 0 Å². The molecule has 0 saturated carbocycles. The van der Waals surface area contributed by atoms with Crippen molar-refractivity contribution in [2.45, 2.75) is 11.4 Å². The van der Waals surface area contributed by atoms with Gasteiger partial charge in [-0.05, 0) is 0 Å². The predicted octanol–water partition coefficient (Wildman–Crippen LogP) is -2.07. The first-order chi connectivity index (χ1) is 5.84. The largest absolute Gasteiger partial charge is 0.467 e. The van der Waals surface area contributed by atoms with Crippen LogP contribution < -0.4 is 0 Å². The summed E-state index contributed by atoms with van der Waals surface area (Å²) in [6.07, 6.45) is -1.02. The van der Waals surface area contributed by atoms with Crippen molar-refractivity contribution in [3.8, 4) is 0 Å². The molecule has 0 aliphatic carbocycles. The van der Waals surface area contributed by atoms with Crippen molar-refractivity contribution in [2.75, 3.05) is 20.0 Å². The Labute approximate surface area is 76.1 Å². The molecule has 7 heteroatoms. The first kappa shape index (κ1) is 12.3. The Balaban J connectivity index is 4.70. The zero-order valence-electron chi connectivity index (χ0n) is 7.30. The molecule has 6 nitrogen and oxygen atoms in total. The molecule has 0 rings (SSSR count). The van der Waals surface area contributed by atoms with Crippen LogP contribution in [0.4, 0.5) is 0 Å². The molecule has 0 aliphatic rings. The molecule has 0 fully saturated rings. The van der Waals surface area contributed by atoms with Crippen LogP contribution in [-0.2, 0) is 19.4 Å². The van der Waals surface area contributed by atoms with E-state index in [9.17, 15) is 13.2 Å². The maximum absolute atomic E-state index is 10.9. The van der Waals surface area contributed by atoms with Crippen LogP contribution in [0.15, 0.2) is 0 Å². The molecule has 0 aromatic heterocycles. The van der Waals surface area contributed by atoms with E-state index in [-0.39, 0.29) is 0 Å². The number of aliphatic hydroxyl groups is 2. The number of hydrogen-bond acceptors (Lipinski definition) is 6. The van der Waals surface area contributed by atoms with Gasteiger partial charge in [0.2, 0.25) is 0 Å². The maximum atomic E-state index is 10.9. The standard InChI is InChI=1S/C6H12O6S/c1-12-6(9)5(8)4(3-7)13(2,10)11/h4-5,7-8H,3H2,1-2H3. The Morgan fingerprint density at radius 3 is 2.23 bits per heavy atom. The van der Waals surface area contributed by atoms with Gasteiger partial charge in [0, 0.05) is 6.26 Å². The summed E-state index contributed by atoms with van der Waals surface area (Å²) >= 11 is 0. The van der Waals surface area contributed by atoms with Crippen molar-refractivity contribution in [2.24, 2.45) is 0 Å². The van der Waals surface area contributed by atoms with E-state index in [1.807, 2.05) is 0 Å². The normalized spacial score (nSPS) is 16.3. The SMILES string of the molecule is COC(=O)C(O)C(CO)S(C)(=O)=O. The van der Waals surface area contributed by atoms with Gasteiger partial charge < -0.3 is 14.9 Å². The third-order valence-electron chi connectivity index (χ3n) is 1.52. The summed E-state index contributed by atoms with van der Waals surface area (Å²) in [5, 5.41) is 16.2. The fourth-order valence-corrected chi connectivity index (χ4v) is 1.59. The minimum Gasteiger partial charge on any atom is -0.467 e. The molecular weight excluding hydrogens is 200 g/mol. The van der Waals surface area contributed by atoms with Crippen molar-refractivity contribution in [1.29, 1.82) is 0 Å². The van der Waals surface area contributed by atoms with Gasteiger partial charge in [-0.3, -0.25) is 0 Å². The average Bonchev–Trinajstić information content (AvgIpc) is 2.01. The van der Waals surface area contributed by atoms with Crippen LogP contribution in [0.5, 0.6) is 0 Å². The second kappa shape index (κ2) is 4.54. The summed E-state index contributed by atoms with van der Waals surface area (Å²) in [5.74, 6) is -1.08. The molecule has 0 bridgehead atoms. The highest BCUT2D eigenvalue weighted by molar-refractivity contribution is 7.91. The third-order valence-corrected chi connectivity index (χ3v) is 3.03. The molecule has 0 aliphatic heterocycles. The first-order valence-corrected chi connectivity index (χ1v) is 5.35. The summed E-state index contributed by atoms with van der Waals surface area (Å²) in [6, 6.07) is 0. The van der Waals surface area contributed by atoms with Gasteiger partial charge in [0.1, 0.15) is 5.25 Å². The molecule has 0 saturated heterocycles. The summed E-state index contributed by atoms with van der Waals surface area (Å²) in [6.45, 7) is -0.824.